The fourth-order valence-corrected chi connectivity index (χ4v) is 3.95. The van der Waals surface area contributed by atoms with Crippen LogP contribution in [0, 0.1) is 6.92 Å². The van der Waals surface area contributed by atoms with Crippen molar-refractivity contribution in [2.45, 2.75) is 39.5 Å². The van der Waals surface area contributed by atoms with Gasteiger partial charge in [0.1, 0.15) is 0 Å². The number of aryl methyl sites for hydroxylation is 2. The Kier molecular flexibility index (Phi) is 5.00. The van der Waals surface area contributed by atoms with Crippen molar-refractivity contribution in [1.82, 2.24) is 0 Å². The lowest BCUT2D eigenvalue weighted by molar-refractivity contribution is -0.117. The lowest BCUT2D eigenvalue weighted by Crippen LogP contribution is -2.23. The van der Waals surface area contributed by atoms with Crippen molar-refractivity contribution in [1.29, 1.82) is 0 Å². The number of thiophene rings is 1. The van der Waals surface area contributed by atoms with E-state index in [0.29, 0.717) is 6.42 Å². The van der Waals surface area contributed by atoms with Gasteiger partial charge in [0.15, 0.2) is 0 Å². The van der Waals surface area contributed by atoms with Crippen LogP contribution >= 0.6 is 11.3 Å². The summed E-state index contributed by atoms with van der Waals surface area (Å²) < 4.78 is 0. The number of anilines is 2. The van der Waals surface area contributed by atoms with Crippen molar-refractivity contribution in [3.8, 4) is 0 Å². The number of hydrogen-bond acceptors (Lipinski definition) is 3. The molecular formula is C19H22N2O2S. The fourth-order valence-electron chi connectivity index (χ4n) is 2.99. The van der Waals surface area contributed by atoms with E-state index < -0.39 is 0 Å². The van der Waals surface area contributed by atoms with Gasteiger partial charge in [-0.3, -0.25) is 9.59 Å². The molecule has 1 aromatic heterocycles. The standard InChI is InChI=1S/C19H22N2O2S/c1-3-5-14-12-17(24-13(14)2)19(23)20-15-7-9-16(10-8-15)21-11-4-6-18(21)22/h7-10,12H,3-6,11H2,1-2H3,(H,20,23). The van der Waals surface area contributed by atoms with Crippen molar-refractivity contribution in [3.63, 3.8) is 0 Å². The molecule has 4 nitrogen and oxygen atoms in total. The van der Waals surface area contributed by atoms with E-state index in [1.807, 2.05) is 30.3 Å². The number of carbonyl (C=O) groups is 2. The molecule has 24 heavy (non-hydrogen) atoms. The summed E-state index contributed by atoms with van der Waals surface area (Å²) in [5.41, 5.74) is 2.90. The van der Waals surface area contributed by atoms with Gasteiger partial charge < -0.3 is 10.2 Å². The van der Waals surface area contributed by atoms with E-state index in [1.165, 1.54) is 10.4 Å². The Labute approximate surface area is 146 Å². The van der Waals surface area contributed by atoms with Crippen molar-refractivity contribution in [3.05, 3.63) is 45.6 Å². The second kappa shape index (κ2) is 7.18. The van der Waals surface area contributed by atoms with Crippen LogP contribution in [-0.2, 0) is 11.2 Å². The summed E-state index contributed by atoms with van der Waals surface area (Å²) in [6.45, 7) is 4.98. The largest absolute Gasteiger partial charge is 0.321 e. The highest BCUT2D eigenvalue weighted by molar-refractivity contribution is 7.14. The van der Waals surface area contributed by atoms with Gasteiger partial charge in [-0.25, -0.2) is 0 Å². The van der Waals surface area contributed by atoms with Crippen molar-refractivity contribution >= 4 is 34.5 Å². The van der Waals surface area contributed by atoms with Crippen LogP contribution in [0.3, 0.4) is 0 Å². The molecule has 126 valence electrons. The minimum absolute atomic E-state index is 0.0737. The zero-order valence-corrected chi connectivity index (χ0v) is 14.9. The molecule has 0 aliphatic carbocycles. The van der Waals surface area contributed by atoms with E-state index in [0.717, 1.165) is 42.1 Å². The quantitative estimate of drug-likeness (QED) is 0.876. The molecule has 5 heteroatoms. The van der Waals surface area contributed by atoms with Crippen molar-refractivity contribution in [2.75, 3.05) is 16.8 Å². The number of hydrogen-bond donors (Lipinski definition) is 1. The summed E-state index contributed by atoms with van der Waals surface area (Å²) in [5.74, 6) is 0.0970. The molecule has 2 heterocycles. The van der Waals surface area contributed by atoms with E-state index in [9.17, 15) is 9.59 Å². The molecule has 1 aromatic carbocycles. The number of carbonyl (C=O) groups excluding carboxylic acids is 2. The molecule has 1 saturated heterocycles. The third-order valence-corrected chi connectivity index (χ3v) is 5.37. The van der Waals surface area contributed by atoms with Crippen LogP contribution in [0.2, 0.25) is 0 Å². The molecule has 0 unspecified atom stereocenters. The number of benzene rings is 1. The van der Waals surface area contributed by atoms with Gasteiger partial charge in [0.2, 0.25) is 5.91 Å². The Hall–Kier alpha value is -2.14. The van der Waals surface area contributed by atoms with Gasteiger partial charge in [0.25, 0.3) is 5.91 Å². The predicted octanol–water partition coefficient (Wildman–Crippen LogP) is 4.39. The van der Waals surface area contributed by atoms with Crippen LogP contribution in [0.5, 0.6) is 0 Å². The zero-order valence-electron chi connectivity index (χ0n) is 14.1. The highest BCUT2D eigenvalue weighted by atomic mass is 32.1. The van der Waals surface area contributed by atoms with Gasteiger partial charge in [-0.05, 0) is 55.7 Å². The highest BCUT2D eigenvalue weighted by Gasteiger charge is 2.21. The van der Waals surface area contributed by atoms with E-state index in [1.54, 1.807) is 16.2 Å². The summed E-state index contributed by atoms with van der Waals surface area (Å²) in [6, 6.07) is 9.48. The molecular weight excluding hydrogens is 320 g/mol. The Bertz CT molecular complexity index is 749. The van der Waals surface area contributed by atoms with Gasteiger partial charge in [-0.2, -0.15) is 0 Å². The molecule has 1 N–H and O–H groups in total. The first-order valence-corrected chi connectivity index (χ1v) is 9.21. The smallest absolute Gasteiger partial charge is 0.265 e. The zero-order chi connectivity index (χ0) is 17.1. The molecule has 2 aromatic rings. The molecule has 2 amide bonds. The van der Waals surface area contributed by atoms with Gasteiger partial charge in [-0.15, -0.1) is 11.3 Å². The highest BCUT2D eigenvalue weighted by Crippen LogP contribution is 2.25. The molecule has 0 saturated carbocycles. The maximum Gasteiger partial charge on any atom is 0.265 e. The summed E-state index contributed by atoms with van der Waals surface area (Å²) in [6.07, 6.45) is 3.62. The minimum Gasteiger partial charge on any atom is -0.321 e. The second-order valence-corrected chi connectivity index (χ2v) is 7.35. The summed E-state index contributed by atoms with van der Waals surface area (Å²) in [5, 5.41) is 2.94. The lowest BCUT2D eigenvalue weighted by atomic mass is 10.1. The average Bonchev–Trinajstić information content (AvgIpc) is 3.15. The molecule has 1 aliphatic rings. The van der Waals surface area contributed by atoms with Crippen LogP contribution in [0.1, 0.15) is 46.3 Å². The molecule has 0 spiro atoms. The Morgan fingerprint density at radius 3 is 2.67 bits per heavy atom. The number of amides is 2. The molecule has 0 radical (unpaired) electrons. The third kappa shape index (κ3) is 3.51. The normalized spacial score (nSPS) is 14.2. The maximum absolute atomic E-state index is 12.4. The van der Waals surface area contributed by atoms with E-state index >= 15 is 0 Å². The lowest BCUT2D eigenvalue weighted by Gasteiger charge is -2.16. The van der Waals surface area contributed by atoms with Gasteiger partial charge >= 0.3 is 0 Å². The summed E-state index contributed by atoms with van der Waals surface area (Å²) >= 11 is 1.54. The minimum atomic E-state index is -0.0737. The maximum atomic E-state index is 12.4. The number of rotatable bonds is 5. The molecule has 0 atom stereocenters. The van der Waals surface area contributed by atoms with Crippen LogP contribution in [0.15, 0.2) is 30.3 Å². The van der Waals surface area contributed by atoms with Gasteiger partial charge in [-0.1, -0.05) is 13.3 Å². The molecule has 1 aliphatic heterocycles. The van der Waals surface area contributed by atoms with Gasteiger partial charge in [0.05, 0.1) is 4.88 Å². The molecule has 0 bridgehead atoms. The van der Waals surface area contributed by atoms with Crippen LogP contribution < -0.4 is 10.2 Å². The van der Waals surface area contributed by atoms with Crippen LogP contribution in [0.25, 0.3) is 0 Å². The second-order valence-electron chi connectivity index (χ2n) is 6.09. The van der Waals surface area contributed by atoms with Gasteiger partial charge in [0, 0.05) is 29.2 Å². The fraction of sp³-hybridized carbons (Fsp3) is 0.368. The van der Waals surface area contributed by atoms with E-state index in [2.05, 4.69) is 19.2 Å². The topological polar surface area (TPSA) is 49.4 Å². The van der Waals surface area contributed by atoms with Crippen LogP contribution in [0.4, 0.5) is 11.4 Å². The Morgan fingerprint density at radius 1 is 1.29 bits per heavy atom. The summed E-state index contributed by atoms with van der Waals surface area (Å²) in [4.78, 5) is 27.9. The average molecular weight is 342 g/mol. The summed E-state index contributed by atoms with van der Waals surface area (Å²) in [7, 11) is 0. The number of nitrogens with zero attached hydrogens (tertiary/aromatic N) is 1. The van der Waals surface area contributed by atoms with Crippen molar-refractivity contribution in [2.24, 2.45) is 0 Å². The third-order valence-electron chi connectivity index (χ3n) is 4.27. The molecule has 1 fully saturated rings. The van der Waals surface area contributed by atoms with Crippen LogP contribution in [-0.4, -0.2) is 18.4 Å². The predicted molar refractivity (Wildman–Crippen MR) is 99.0 cm³/mol. The number of nitrogens with one attached hydrogen (secondary N) is 1. The first-order chi connectivity index (χ1) is 11.6. The first-order valence-electron chi connectivity index (χ1n) is 8.39. The van der Waals surface area contributed by atoms with E-state index in [4.69, 9.17) is 0 Å². The monoisotopic (exact) mass is 342 g/mol. The Morgan fingerprint density at radius 2 is 2.04 bits per heavy atom. The van der Waals surface area contributed by atoms with Crippen molar-refractivity contribution < 1.29 is 9.59 Å². The molecule has 3 rings (SSSR count). The Balaban J connectivity index is 1.68. The van der Waals surface area contributed by atoms with E-state index in [-0.39, 0.29) is 11.8 Å². The SMILES string of the molecule is CCCc1cc(C(=O)Nc2ccc(N3CCCC3=O)cc2)sc1C. The first kappa shape index (κ1) is 16.7.